The van der Waals surface area contributed by atoms with Crippen LogP contribution in [0.25, 0.3) is 0 Å². The predicted molar refractivity (Wildman–Crippen MR) is 68.0 cm³/mol. The zero-order valence-electron chi connectivity index (χ0n) is 9.85. The van der Waals surface area contributed by atoms with Gasteiger partial charge in [-0.2, -0.15) is 0 Å². The van der Waals surface area contributed by atoms with E-state index in [1.54, 1.807) is 24.3 Å². The van der Waals surface area contributed by atoms with E-state index in [1.165, 1.54) is 25.2 Å². The van der Waals surface area contributed by atoms with Crippen LogP contribution in [0.4, 0.5) is 0 Å². The van der Waals surface area contributed by atoms with E-state index in [9.17, 15) is 8.42 Å². The average molecular weight is 252 g/mol. The summed E-state index contributed by atoms with van der Waals surface area (Å²) in [6, 6.07) is 8.53. The van der Waals surface area contributed by atoms with E-state index in [0.717, 1.165) is 12.8 Å². The lowest BCUT2D eigenvalue weighted by Crippen LogP contribution is -2.29. The molecule has 3 nitrogen and oxygen atoms in total. The van der Waals surface area contributed by atoms with E-state index in [1.807, 2.05) is 6.07 Å². The standard InChI is InChI=1S/C13H18NO2S/c15-17(16,13-9-5-2-6-10-13)14-11-12-7-3-1-4-8-12/h2,5-6,9-10,14H,1,3-4,7-8,11H2. The number of sulfonamides is 1. The van der Waals surface area contributed by atoms with Gasteiger partial charge in [-0.3, -0.25) is 0 Å². The number of hydrogen-bond donors (Lipinski definition) is 1. The van der Waals surface area contributed by atoms with E-state index >= 15 is 0 Å². The highest BCUT2D eigenvalue weighted by atomic mass is 32.2. The zero-order chi connectivity index (χ0) is 12.1. The molecule has 1 aromatic carbocycles. The van der Waals surface area contributed by atoms with Gasteiger partial charge in [-0.25, -0.2) is 13.1 Å². The third kappa shape index (κ3) is 3.54. The maximum atomic E-state index is 12.0. The average Bonchev–Trinajstić information content (AvgIpc) is 2.39. The van der Waals surface area contributed by atoms with Gasteiger partial charge in [-0.05, 0) is 30.9 Å². The fourth-order valence-electron chi connectivity index (χ4n) is 2.11. The van der Waals surface area contributed by atoms with Gasteiger partial charge < -0.3 is 0 Å². The van der Waals surface area contributed by atoms with E-state index in [0.29, 0.717) is 11.4 Å². The smallest absolute Gasteiger partial charge is 0.211 e. The van der Waals surface area contributed by atoms with Crippen molar-refractivity contribution in [2.45, 2.75) is 37.0 Å². The summed E-state index contributed by atoms with van der Waals surface area (Å²) in [5, 5.41) is 0. The largest absolute Gasteiger partial charge is 0.240 e. The highest BCUT2D eigenvalue weighted by Crippen LogP contribution is 2.25. The van der Waals surface area contributed by atoms with Crippen LogP contribution in [0.5, 0.6) is 0 Å². The Morgan fingerprint density at radius 2 is 1.65 bits per heavy atom. The van der Waals surface area contributed by atoms with Crippen LogP contribution in [0.2, 0.25) is 0 Å². The van der Waals surface area contributed by atoms with Crippen molar-refractivity contribution in [3.8, 4) is 0 Å². The molecule has 0 bridgehead atoms. The second-order valence-electron chi connectivity index (χ2n) is 4.45. The Hall–Kier alpha value is -0.870. The normalized spacial score (nSPS) is 18.1. The minimum atomic E-state index is -3.33. The summed E-state index contributed by atoms with van der Waals surface area (Å²) in [6.07, 6.45) is 5.80. The third-order valence-electron chi connectivity index (χ3n) is 3.13. The number of rotatable bonds is 4. The van der Waals surface area contributed by atoms with Crippen molar-refractivity contribution in [1.82, 2.24) is 4.72 Å². The van der Waals surface area contributed by atoms with Crippen molar-refractivity contribution in [3.63, 3.8) is 0 Å². The molecule has 0 unspecified atom stereocenters. The van der Waals surface area contributed by atoms with Gasteiger partial charge in [0.15, 0.2) is 0 Å². The maximum Gasteiger partial charge on any atom is 0.240 e. The van der Waals surface area contributed by atoms with Crippen molar-refractivity contribution in [2.75, 3.05) is 6.54 Å². The highest BCUT2D eigenvalue weighted by Gasteiger charge is 2.18. The number of benzene rings is 1. The molecule has 1 aromatic rings. The highest BCUT2D eigenvalue weighted by molar-refractivity contribution is 7.89. The molecule has 0 atom stereocenters. The van der Waals surface area contributed by atoms with Crippen LogP contribution in [-0.4, -0.2) is 15.0 Å². The van der Waals surface area contributed by atoms with Crippen LogP contribution in [0.15, 0.2) is 35.2 Å². The first kappa shape index (κ1) is 12.6. The zero-order valence-corrected chi connectivity index (χ0v) is 10.7. The van der Waals surface area contributed by atoms with Gasteiger partial charge in [0, 0.05) is 6.54 Å². The molecule has 0 amide bonds. The molecular formula is C13H18NO2S. The molecule has 93 valence electrons. The van der Waals surface area contributed by atoms with Crippen LogP contribution in [-0.2, 0) is 10.0 Å². The fourth-order valence-corrected chi connectivity index (χ4v) is 3.18. The molecule has 2 rings (SSSR count). The third-order valence-corrected chi connectivity index (χ3v) is 4.54. The second-order valence-corrected chi connectivity index (χ2v) is 6.22. The minimum absolute atomic E-state index is 0.344. The molecule has 0 spiro atoms. The maximum absolute atomic E-state index is 12.0. The van der Waals surface area contributed by atoms with Crippen LogP contribution in [0.3, 0.4) is 0 Å². The lowest BCUT2D eigenvalue weighted by Gasteiger charge is -2.21. The summed E-state index contributed by atoms with van der Waals surface area (Å²) < 4.78 is 26.6. The molecule has 1 saturated carbocycles. The number of hydrogen-bond acceptors (Lipinski definition) is 2. The molecule has 0 saturated heterocycles. The Morgan fingerprint density at radius 3 is 2.29 bits per heavy atom. The van der Waals surface area contributed by atoms with Crippen LogP contribution >= 0.6 is 0 Å². The molecule has 1 aliphatic rings. The van der Waals surface area contributed by atoms with E-state index in [4.69, 9.17) is 0 Å². The Bertz CT molecular complexity index is 436. The quantitative estimate of drug-likeness (QED) is 0.895. The first-order valence-corrected chi connectivity index (χ1v) is 7.55. The summed E-state index contributed by atoms with van der Waals surface area (Å²) in [7, 11) is -3.33. The molecule has 1 N–H and O–H groups in total. The fraction of sp³-hybridized carbons (Fsp3) is 0.462. The van der Waals surface area contributed by atoms with Crippen molar-refractivity contribution in [2.24, 2.45) is 0 Å². The van der Waals surface area contributed by atoms with Crippen molar-refractivity contribution < 1.29 is 8.42 Å². The van der Waals surface area contributed by atoms with Crippen LogP contribution < -0.4 is 4.72 Å². The summed E-state index contributed by atoms with van der Waals surface area (Å²) in [5.41, 5.74) is 0. The molecular weight excluding hydrogens is 234 g/mol. The predicted octanol–water partition coefficient (Wildman–Crippen LogP) is 2.50. The van der Waals surface area contributed by atoms with E-state index in [2.05, 4.69) is 4.72 Å². The lowest BCUT2D eigenvalue weighted by molar-refractivity contribution is 0.512. The lowest BCUT2D eigenvalue weighted by atomic mass is 9.90. The molecule has 0 aliphatic heterocycles. The van der Waals surface area contributed by atoms with Crippen LogP contribution in [0, 0.1) is 5.92 Å². The van der Waals surface area contributed by atoms with Crippen molar-refractivity contribution in [1.29, 1.82) is 0 Å². The topological polar surface area (TPSA) is 46.2 Å². The molecule has 1 radical (unpaired) electrons. The Balaban J connectivity index is 1.94. The Labute approximate surface area is 103 Å². The van der Waals surface area contributed by atoms with Gasteiger partial charge in [-0.1, -0.05) is 37.5 Å². The van der Waals surface area contributed by atoms with Gasteiger partial charge in [0.2, 0.25) is 10.0 Å². The van der Waals surface area contributed by atoms with E-state index in [-0.39, 0.29) is 0 Å². The summed E-state index contributed by atoms with van der Waals surface area (Å²) >= 11 is 0. The van der Waals surface area contributed by atoms with Crippen LogP contribution in [0.1, 0.15) is 32.1 Å². The summed E-state index contributed by atoms with van der Waals surface area (Å²) in [6.45, 7) is 0.497. The summed E-state index contributed by atoms with van der Waals surface area (Å²) in [4.78, 5) is 0.344. The van der Waals surface area contributed by atoms with Gasteiger partial charge in [0.1, 0.15) is 0 Å². The Kier molecular flexibility index (Phi) is 4.18. The molecule has 0 heterocycles. The molecule has 0 aromatic heterocycles. The Morgan fingerprint density at radius 1 is 1.00 bits per heavy atom. The molecule has 1 fully saturated rings. The second kappa shape index (κ2) is 5.65. The summed E-state index contributed by atoms with van der Waals surface area (Å²) in [5.74, 6) is 1.33. The van der Waals surface area contributed by atoms with Gasteiger partial charge >= 0.3 is 0 Å². The number of nitrogens with one attached hydrogen (secondary N) is 1. The van der Waals surface area contributed by atoms with Crippen molar-refractivity contribution >= 4 is 10.0 Å². The first-order valence-electron chi connectivity index (χ1n) is 6.07. The monoisotopic (exact) mass is 252 g/mol. The molecule has 17 heavy (non-hydrogen) atoms. The van der Waals surface area contributed by atoms with Gasteiger partial charge in [0.05, 0.1) is 4.90 Å². The van der Waals surface area contributed by atoms with Gasteiger partial charge in [-0.15, -0.1) is 0 Å². The first-order chi connectivity index (χ1) is 8.18. The molecule has 4 heteroatoms. The van der Waals surface area contributed by atoms with Crippen molar-refractivity contribution in [3.05, 3.63) is 36.2 Å². The van der Waals surface area contributed by atoms with Gasteiger partial charge in [0.25, 0.3) is 0 Å². The molecule has 1 aliphatic carbocycles. The van der Waals surface area contributed by atoms with E-state index < -0.39 is 10.0 Å². The minimum Gasteiger partial charge on any atom is -0.211 e. The SMILES string of the molecule is O=S(=O)(NC[C]1CCCCC1)c1ccccc1.